The number of fused-ring (bicyclic) bond motifs is 1. The molecule has 0 unspecified atom stereocenters. The fourth-order valence-electron chi connectivity index (χ4n) is 3.62. The number of carbonyl (C=O) groups excluding carboxylic acids is 1. The molecule has 0 atom stereocenters. The number of hydrogen-bond acceptors (Lipinski definition) is 5. The Morgan fingerprint density at radius 2 is 1.97 bits per heavy atom. The normalized spacial score (nSPS) is 14.7. The van der Waals surface area contributed by atoms with Crippen LogP contribution in [0.15, 0.2) is 65.2 Å². The maximum atomic E-state index is 12.8. The number of amides is 1. The van der Waals surface area contributed by atoms with Gasteiger partial charge in [0.2, 0.25) is 15.9 Å². The van der Waals surface area contributed by atoms with E-state index in [2.05, 4.69) is 16.9 Å². The Balaban J connectivity index is 1.48. The highest BCUT2D eigenvalue weighted by molar-refractivity contribution is 7.99. The summed E-state index contributed by atoms with van der Waals surface area (Å²) in [4.78, 5) is 17.4. The third-order valence-corrected chi connectivity index (χ3v) is 8.38. The van der Waals surface area contributed by atoms with Crippen LogP contribution in [-0.4, -0.2) is 47.0 Å². The minimum atomic E-state index is -3.60. The van der Waals surface area contributed by atoms with Gasteiger partial charge in [-0.2, -0.15) is 4.31 Å². The molecule has 0 radical (unpaired) electrons. The van der Waals surface area contributed by atoms with Gasteiger partial charge >= 0.3 is 0 Å². The van der Waals surface area contributed by atoms with E-state index in [0.717, 1.165) is 23.9 Å². The molecule has 1 saturated heterocycles. The first-order valence-corrected chi connectivity index (χ1v) is 13.0. The molecule has 3 aromatic rings. The number of halogens is 1. The number of para-hydroxylation sites is 2. The molecule has 1 aliphatic heterocycles. The van der Waals surface area contributed by atoms with E-state index in [1.165, 1.54) is 34.3 Å². The molecule has 0 spiro atoms. The molecule has 7 nitrogen and oxygen atoms in total. The van der Waals surface area contributed by atoms with Gasteiger partial charge in [0.05, 0.1) is 32.4 Å². The van der Waals surface area contributed by atoms with Crippen LogP contribution in [0.1, 0.15) is 12.8 Å². The summed E-state index contributed by atoms with van der Waals surface area (Å²) < 4.78 is 29.1. The van der Waals surface area contributed by atoms with Gasteiger partial charge in [-0.05, 0) is 43.2 Å². The third-order valence-electron chi connectivity index (χ3n) is 5.18. The molecule has 1 N–H and O–H groups in total. The number of carbonyl (C=O) groups is 1. The molecule has 0 aliphatic carbocycles. The molecular formula is C22H23ClN4O3S2. The topological polar surface area (TPSA) is 84.3 Å². The van der Waals surface area contributed by atoms with Crippen molar-refractivity contribution in [2.75, 3.05) is 24.2 Å². The lowest BCUT2D eigenvalue weighted by Crippen LogP contribution is -2.28. The number of benzene rings is 2. The summed E-state index contributed by atoms with van der Waals surface area (Å²) in [6.45, 7) is 5.39. The molecule has 32 heavy (non-hydrogen) atoms. The lowest BCUT2D eigenvalue weighted by molar-refractivity contribution is -0.113. The summed E-state index contributed by atoms with van der Waals surface area (Å²) in [6.07, 6.45) is 3.48. The maximum Gasteiger partial charge on any atom is 0.243 e. The number of nitrogens with one attached hydrogen (secondary N) is 1. The molecule has 1 aliphatic rings. The van der Waals surface area contributed by atoms with Crippen molar-refractivity contribution in [3.63, 3.8) is 0 Å². The van der Waals surface area contributed by atoms with Crippen molar-refractivity contribution >= 4 is 56.0 Å². The zero-order chi connectivity index (χ0) is 22.7. The van der Waals surface area contributed by atoms with Crippen molar-refractivity contribution in [2.24, 2.45) is 0 Å². The number of hydrogen-bond donors (Lipinski definition) is 1. The van der Waals surface area contributed by atoms with Crippen LogP contribution < -0.4 is 5.32 Å². The van der Waals surface area contributed by atoms with Gasteiger partial charge in [0.15, 0.2) is 5.16 Å². The van der Waals surface area contributed by atoms with E-state index in [1.54, 1.807) is 6.08 Å². The fraction of sp³-hybridized carbons (Fsp3) is 0.273. The van der Waals surface area contributed by atoms with Gasteiger partial charge < -0.3 is 9.88 Å². The summed E-state index contributed by atoms with van der Waals surface area (Å²) in [5.74, 6) is -0.204. The lowest BCUT2D eigenvalue weighted by Gasteiger charge is -2.16. The maximum absolute atomic E-state index is 12.8. The average Bonchev–Trinajstić information content (AvgIpc) is 3.43. The Hall–Kier alpha value is -2.33. The van der Waals surface area contributed by atoms with Gasteiger partial charge in [-0.3, -0.25) is 4.79 Å². The highest BCUT2D eigenvalue weighted by Crippen LogP contribution is 2.29. The van der Waals surface area contributed by atoms with Crippen LogP contribution in [0.3, 0.4) is 0 Å². The first kappa shape index (κ1) is 22.8. The molecule has 2 heterocycles. The minimum absolute atomic E-state index is 0.0971. The second-order valence-corrected chi connectivity index (χ2v) is 10.7. The Morgan fingerprint density at radius 1 is 1.22 bits per heavy atom. The predicted molar refractivity (Wildman–Crippen MR) is 129 cm³/mol. The van der Waals surface area contributed by atoms with E-state index in [-0.39, 0.29) is 27.3 Å². The summed E-state index contributed by atoms with van der Waals surface area (Å²) in [7, 11) is -3.60. The molecule has 1 amide bonds. The molecule has 2 aromatic carbocycles. The number of sulfonamides is 1. The lowest BCUT2D eigenvalue weighted by atomic mass is 10.3. The van der Waals surface area contributed by atoms with Crippen LogP contribution in [0.5, 0.6) is 0 Å². The van der Waals surface area contributed by atoms with Crippen LogP contribution in [0, 0.1) is 0 Å². The Bertz CT molecular complexity index is 1270. The van der Waals surface area contributed by atoms with Crippen LogP contribution in [0.25, 0.3) is 11.0 Å². The van der Waals surface area contributed by atoms with Crippen molar-refractivity contribution < 1.29 is 13.2 Å². The monoisotopic (exact) mass is 490 g/mol. The van der Waals surface area contributed by atoms with Gasteiger partial charge in [-0.1, -0.05) is 41.6 Å². The number of aromatic nitrogens is 2. The molecule has 168 valence electrons. The number of rotatable bonds is 8. The van der Waals surface area contributed by atoms with Crippen LogP contribution >= 0.6 is 23.4 Å². The molecule has 4 rings (SSSR count). The van der Waals surface area contributed by atoms with Crippen LogP contribution in [0.4, 0.5) is 5.69 Å². The van der Waals surface area contributed by atoms with Crippen molar-refractivity contribution in [2.45, 2.75) is 29.4 Å². The minimum Gasteiger partial charge on any atom is -0.324 e. The number of thioether (sulfide) groups is 1. The third kappa shape index (κ3) is 4.71. The van der Waals surface area contributed by atoms with Crippen molar-refractivity contribution in [1.82, 2.24) is 13.9 Å². The summed E-state index contributed by atoms with van der Waals surface area (Å²) in [5.41, 5.74) is 2.09. The Labute approximate surface area is 196 Å². The van der Waals surface area contributed by atoms with E-state index >= 15 is 0 Å². The average molecular weight is 491 g/mol. The highest BCUT2D eigenvalue weighted by Gasteiger charge is 2.27. The number of imidazole rings is 1. The SMILES string of the molecule is C=CCn1c(SCC(=O)Nc2cc(S(=O)(=O)N3CCCC3)ccc2Cl)nc2ccccc21. The Kier molecular flexibility index (Phi) is 6.90. The van der Waals surface area contributed by atoms with Gasteiger partial charge in [0.25, 0.3) is 0 Å². The smallest absolute Gasteiger partial charge is 0.243 e. The number of anilines is 1. The largest absolute Gasteiger partial charge is 0.324 e. The summed E-state index contributed by atoms with van der Waals surface area (Å²) >= 11 is 7.53. The Morgan fingerprint density at radius 3 is 2.72 bits per heavy atom. The molecule has 1 fully saturated rings. The van der Waals surface area contributed by atoms with E-state index in [1.807, 2.05) is 28.8 Å². The molecule has 0 saturated carbocycles. The molecule has 10 heteroatoms. The van der Waals surface area contributed by atoms with E-state index in [0.29, 0.717) is 24.8 Å². The molecular weight excluding hydrogens is 468 g/mol. The summed E-state index contributed by atoms with van der Waals surface area (Å²) in [6, 6.07) is 12.1. The van der Waals surface area contributed by atoms with E-state index in [9.17, 15) is 13.2 Å². The molecule has 0 bridgehead atoms. The van der Waals surface area contributed by atoms with E-state index < -0.39 is 10.0 Å². The number of allylic oxidation sites excluding steroid dienone is 1. The van der Waals surface area contributed by atoms with Crippen molar-refractivity contribution in [3.8, 4) is 0 Å². The quantitative estimate of drug-likeness (QED) is 0.374. The first-order chi connectivity index (χ1) is 15.4. The zero-order valence-corrected chi connectivity index (χ0v) is 19.7. The van der Waals surface area contributed by atoms with Gasteiger partial charge in [-0.25, -0.2) is 13.4 Å². The van der Waals surface area contributed by atoms with Crippen molar-refractivity contribution in [3.05, 3.63) is 60.1 Å². The van der Waals surface area contributed by atoms with E-state index in [4.69, 9.17) is 11.6 Å². The second-order valence-electron chi connectivity index (χ2n) is 7.37. The van der Waals surface area contributed by atoms with Gasteiger partial charge in [-0.15, -0.1) is 6.58 Å². The molecule has 1 aromatic heterocycles. The standard InChI is InChI=1S/C22H23ClN4O3S2/c1-2-11-27-20-8-4-3-7-18(20)25-22(27)31-15-21(28)24-19-14-16(9-10-17(19)23)32(29,30)26-12-5-6-13-26/h2-4,7-10,14H,1,5-6,11-13,15H2,(H,24,28). The van der Waals surface area contributed by atoms with Crippen LogP contribution in [0.2, 0.25) is 5.02 Å². The summed E-state index contributed by atoms with van der Waals surface area (Å²) in [5, 5.41) is 3.72. The number of nitrogens with zero attached hydrogens (tertiary/aromatic N) is 3. The fourth-order valence-corrected chi connectivity index (χ4v) is 6.16. The van der Waals surface area contributed by atoms with Crippen LogP contribution in [-0.2, 0) is 21.4 Å². The van der Waals surface area contributed by atoms with Crippen molar-refractivity contribution in [1.29, 1.82) is 0 Å². The highest BCUT2D eigenvalue weighted by atomic mass is 35.5. The first-order valence-electron chi connectivity index (χ1n) is 10.2. The van der Waals surface area contributed by atoms with Gasteiger partial charge in [0.1, 0.15) is 0 Å². The second kappa shape index (κ2) is 9.66. The predicted octanol–water partition coefficient (Wildman–Crippen LogP) is 4.39. The van der Waals surface area contributed by atoms with Gasteiger partial charge in [0, 0.05) is 19.6 Å². The zero-order valence-electron chi connectivity index (χ0n) is 17.3.